The molecule has 1 aliphatic rings. The maximum Gasteiger partial charge on any atom is 0.523 e. The second-order valence-electron chi connectivity index (χ2n) is 6.79. The molecule has 0 saturated carbocycles. The van der Waals surface area contributed by atoms with Gasteiger partial charge in [-0.3, -0.25) is 4.18 Å². The van der Waals surface area contributed by atoms with E-state index in [9.17, 15) is 26.7 Å². The van der Waals surface area contributed by atoms with Gasteiger partial charge in [0.15, 0.2) is 12.4 Å². The average Bonchev–Trinajstić information content (AvgIpc) is 3.01. The van der Waals surface area contributed by atoms with Crippen LogP contribution in [0.1, 0.15) is 11.1 Å². The van der Waals surface area contributed by atoms with Crippen LogP contribution in [0, 0.1) is 0 Å². The van der Waals surface area contributed by atoms with E-state index in [0.29, 0.717) is 5.56 Å². The van der Waals surface area contributed by atoms with E-state index >= 15 is 0 Å². The fourth-order valence-electron chi connectivity index (χ4n) is 2.98. The molecule has 0 amide bonds. The summed E-state index contributed by atoms with van der Waals surface area (Å²) in [6.45, 7) is -0.0609. The van der Waals surface area contributed by atoms with Crippen LogP contribution >= 0.6 is 0 Å². The van der Waals surface area contributed by atoms with E-state index in [4.69, 9.17) is 14.2 Å². The Bertz CT molecular complexity index is 923. The van der Waals surface area contributed by atoms with Gasteiger partial charge in [0.1, 0.15) is 12.2 Å². The quantitative estimate of drug-likeness (QED) is 0.453. The molecule has 7 nitrogen and oxygen atoms in total. The van der Waals surface area contributed by atoms with Gasteiger partial charge in [-0.2, -0.15) is 21.6 Å². The van der Waals surface area contributed by atoms with Crippen molar-refractivity contribution in [1.29, 1.82) is 0 Å². The molecule has 0 aromatic heterocycles. The lowest BCUT2D eigenvalue weighted by molar-refractivity contribution is -0.136. The molecule has 31 heavy (non-hydrogen) atoms. The van der Waals surface area contributed by atoms with E-state index in [1.807, 2.05) is 30.3 Å². The molecule has 11 heteroatoms. The van der Waals surface area contributed by atoms with Gasteiger partial charge in [0, 0.05) is 0 Å². The number of benzene rings is 2. The molecule has 1 saturated heterocycles. The van der Waals surface area contributed by atoms with Crippen molar-refractivity contribution >= 4 is 10.1 Å². The molecule has 1 heterocycles. The molecule has 0 radical (unpaired) electrons. The van der Waals surface area contributed by atoms with E-state index in [2.05, 4.69) is 4.18 Å². The van der Waals surface area contributed by atoms with Crippen molar-refractivity contribution in [2.75, 3.05) is 6.61 Å². The highest BCUT2D eigenvalue weighted by molar-refractivity contribution is 7.87. The summed E-state index contributed by atoms with van der Waals surface area (Å²) < 4.78 is 81.9. The van der Waals surface area contributed by atoms with E-state index in [0.717, 1.165) is 5.56 Å². The molecular formula is C20H21F3O7S. The van der Waals surface area contributed by atoms with Crippen LogP contribution < -0.4 is 0 Å². The summed E-state index contributed by atoms with van der Waals surface area (Å²) in [6, 6.07) is 17.8. The maximum atomic E-state index is 12.8. The normalized spacial score (nSPS) is 24.4. The first kappa shape index (κ1) is 23.6. The molecule has 4 unspecified atom stereocenters. The molecule has 0 spiro atoms. The number of halogens is 3. The van der Waals surface area contributed by atoms with E-state index in [1.165, 1.54) is 0 Å². The highest BCUT2D eigenvalue weighted by Gasteiger charge is 2.54. The molecule has 0 bridgehead atoms. The van der Waals surface area contributed by atoms with Crippen molar-refractivity contribution in [3.63, 3.8) is 0 Å². The molecule has 1 N–H and O–H groups in total. The molecule has 2 aromatic carbocycles. The van der Waals surface area contributed by atoms with Crippen LogP contribution in [0.15, 0.2) is 60.7 Å². The molecular weight excluding hydrogens is 441 g/mol. The Labute approximate surface area is 177 Å². The lowest BCUT2D eigenvalue weighted by Crippen LogP contribution is -2.42. The van der Waals surface area contributed by atoms with Gasteiger partial charge < -0.3 is 19.3 Å². The molecule has 1 fully saturated rings. The van der Waals surface area contributed by atoms with Crippen LogP contribution in [-0.2, 0) is 41.7 Å². The van der Waals surface area contributed by atoms with Gasteiger partial charge in [-0.05, 0) is 11.1 Å². The summed E-state index contributed by atoms with van der Waals surface area (Å²) in [5, 5.41) is 10.1. The minimum absolute atomic E-state index is 0.0668. The van der Waals surface area contributed by atoms with Crippen molar-refractivity contribution < 1.29 is 45.1 Å². The molecule has 0 aliphatic carbocycles. The van der Waals surface area contributed by atoms with Crippen LogP contribution in [0.2, 0.25) is 0 Å². The van der Waals surface area contributed by atoms with Gasteiger partial charge in [-0.1, -0.05) is 60.7 Å². The summed E-state index contributed by atoms with van der Waals surface area (Å²) in [7, 11) is -5.98. The summed E-state index contributed by atoms with van der Waals surface area (Å²) in [5.41, 5.74) is -4.13. The minimum atomic E-state index is -5.98. The highest BCUT2D eigenvalue weighted by Crippen LogP contribution is 2.33. The fraction of sp³-hybridized carbons (Fsp3) is 0.400. The van der Waals surface area contributed by atoms with Crippen molar-refractivity contribution in [2.45, 2.75) is 43.3 Å². The maximum absolute atomic E-state index is 12.8. The van der Waals surface area contributed by atoms with Crippen LogP contribution in [0.4, 0.5) is 13.2 Å². The van der Waals surface area contributed by atoms with E-state index in [1.54, 1.807) is 30.3 Å². The van der Waals surface area contributed by atoms with Gasteiger partial charge in [0.25, 0.3) is 0 Å². The Morgan fingerprint density at radius 3 is 2.00 bits per heavy atom. The zero-order chi connectivity index (χ0) is 22.5. The number of hydrogen-bond donors (Lipinski definition) is 1. The molecule has 2 aromatic rings. The monoisotopic (exact) mass is 462 g/mol. The van der Waals surface area contributed by atoms with Crippen LogP contribution in [-0.4, -0.2) is 50.2 Å². The third-order valence-corrected chi connectivity index (χ3v) is 5.53. The summed E-state index contributed by atoms with van der Waals surface area (Å²) in [4.78, 5) is 0. The van der Waals surface area contributed by atoms with E-state index in [-0.39, 0.29) is 19.8 Å². The lowest BCUT2D eigenvalue weighted by Gasteiger charge is -2.23. The molecule has 3 rings (SSSR count). The molecule has 170 valence electrons. The van der Waals surface area contributed by atoms with Gasteiger partial charge in [0.05, 0.1) is 19.8 Å². The van der Waals surface area contributed by atoms with Crippen LogP contribution in [0.3, 0.4) is 0 Å². The number of hydrogen-bond acceptors (Lipinski definition) is 7. The van der Waals surface area contributed by atoms with Crippen molar-refractivity contribution in [2.24, 2.45) is 0 Å². The predicted molar refractivity (Wildman–Crippen MR) is 102 cm³/mol. The largest absolute Gasteiger partial charge is 0.523 e. The van der Waals surface area contributed by atoms with Crippen LogP contribution in [0.25, 0.3) is 0 Å². The van der Waals surface area contributed by atoms with Gasteiger partial charge in [-0.15, -0.1) is 0 Å². The minimum Gasteiger partial charge on any atom is -0.374 e. The second-order valence-corrected chi connectivity index (χ2v) is 8.35. The van der Waals surface area contributed by atoms with Gasteiger partial charge in [-0.25, -0.2) is 0 Å². The Morgan fingerprint density at radius 1 is 0.903 bits per heavy atom. The van der Waals surface area contributed by atoms with Crippen molar-refractivity contribution in [3.05, 3.63) is 71.8 Å². The average molecular weight is 462 g/mol. The van der Waals surface area contributed by atoms with Crippen molar-refractivity contribution in [1.82, 2.24) is 0 Å². The number of aliphatic hydroxyl groups excluding tert-OH is 1. The Hall–Kier alpha value is -2.02. The summed E-state index contributed by atoms with van der Waals surface area (Å²) in [6.07, 6.45) is -6.26. The second kappa shape index (κ2) is 10.1. The molecule has 1 aliphatic heterocycles. The number of ether oxygens (including phenoxy) is 3. The lowest BCUT2D eigenvalue weighted by atomic mass is 10.1. The topological polar surface area (TPSA) is 91.3 Å². The predicted octanol–water partition coefficient (Wildman–Crippen LogP) is 2.74. The van der Waals surface area contributed by atoms with E-state index < -0.39 is 40.2 Å². The SMILES string of the molecule is O=S(=O)(OC1C(O)OC(COCc2ccccc2)C1OCc1ccccc1)C(F)(F)F. The number of alkyl halides is 3. The third kappa shape index (κ3) is 6.25. The first-order chi connectivity index (χ1) is 14.7. The first-order valence-corrected chi connectivity index (χ1v) is 10.7. The van der Waals surface area contributed by atoms with Gasteiger partial charge >= 0.3 is 15.6 Å². The third-order valence-electron chi connectivity index (χ3n) is 4.49. The summed E-state index contributed by atoms with van der Waals surface area (Å²) >= 11 is 0. The Balaban J connectivity index is 1.71. The molecule has 4 atom stereocenters. The van der Waals surface area contributed by atoms with Crippen molar-refractivity contribution in [3.8, 4) is 0 Å². The Morgan fingerprint density at radius 2 is 1.45 bits per heavy atom. The van der Waals surface area contributed by atoms with Gasteiger partial charge in [0.2, 0.25) is 0 Å². The smallest absolute Gasteiger partial charge is 0.374 e. The standard InChI is InChI=1S/C20H21F3O7S/c21-20(22,23)31(25,26)30-18-17(28-12-15-9-5-2-6-10-15)16(29-19(18)24)13-27-11-14-7-3-1-4-8-14/h1-10,16-19,24H,11-13H2. The fourth-order valence-corrected chi connectivity index (χ4v) is 3.59. The van der Waals surface area contributed by atoms with Crippen LogP contribution in [0.5, 0.6) is 0 Å². The first-order valence-electron chi connectivity index (χ1n) is 9.27. The number of rotatable bonds is 9. The summed E-state index contributed by atoms with van der Waals surface area (Å²) in [5.74, 6) is 0. The zero-order valence-corrected chi connectivity index (χ0v) is 17.0. The zero-order valence-electron chi connectivity index (χ0n) is 16.1. The highest BCUT2D eigenvalue weighted by atomic mass is 32.2. The Kier molecular flexibility index (Phi) is 7.68. The number of aliphatic hydroxyl groups is 1.